The van der Waals surface area contributed by atoms with Crippen LogP contribution in [0.1, 0.15) is 10.4 Å². The van der Waals surface area contributed by atoms with Gasteiger partial charge in [0, 0.05) is 15.0 Å². The molecule has 1 heterocycles. The fourth-order valence-electron chi connectivity index (χ4n) is 1.64. The van der Waals surface area contributed by atoms with Gasteiger partial charge in [0.2, 0.25) is 0 Å². The highest BCUT2D eigenvalue weighted by molar-refractivity contribution is 9.10. The lowest BCUT2D eigenvalue weighted by molar-refractivity contribution is -0.114. The van der Waals surface area contributed by atoms with Gasteiger partial charge in [-0.25, -0.2) is 0 Å². The molecule has 0 atom stereocenters. The Bertz CT molecular complexity index is 542. The van der Waals surface area contributed by atoms with E-state index in [9.17, 15) is 9.59 Å². The van der Waals surface area contributed by atoms with E-state index in [-0.39, 0.29) is 6.54 Å². The predicted molar refractivity (Wildman–Crippen MR) is 70.6 cm³/mol. The average Bonchev–Trinajstić information content (AvgIpc) is 2.55. The Kier molecular flexibility index (Phi) is 3.56. The number of carbonyl (C=O) groups excluding carboxylic acids is 2. The van der Waals surface area contributed by atoms with E-state index in [2.05, 4.69) is 15.9 Å². The summed E-state index contributed by atoms with van der Waals surface area (Å²) in [7, 11) is 0. The third-order valence-electron chi connectivity index (χ3n) is 2.38. The highest BCUT2D eigenvalue weighted by Crippen LogP contribution is 2.34. The van der Waals surface area contributed by atoms with Crippen molar-refractivity contribution in [3.8, 4) is 0 Å². The van der Waals surface area contributed by atoms with Crippen molar-refractivity contribution >= 4 is 56.5 Å². The van der Waals surface area contributed by atoms with Crippen LogP contribution in [0.3, 0.4) is 0 Å². The molecule has 1 aromatic rings. The number of ketones is 1. The molecule has 2 rings (SSSR count). The maximum atomic E-state index is 11.8. The normalized spacial score (nSPS) is 15.5. The van der Waals surface area contributed by atoms with Gasteiger partial charge in [-0.2, -0.15) is 0 Å². The SMILES string of the molecule is O=C1C(=O)N(CC(Cl)=CCl)c2cccc(Br)c21. The van der Waals surface area contributed by atoms with E-state index in [4.69, 9.17) is 23.2 Å². The van der Waals surface area contributed by atoms with E-state index in [1.807, 2.05) is 0 Å². The molecular formula is C11H6BrCl2NO2. The molecule has 88 valence electrons. The Morgan fingerprint density at radius 3 is 2.76 bits per heavy atom. The molecule has 0 saturated heterocycles. The van der Waals surface area contributed by atoms with Crippen LogP contribution in [0.25, 0.3) is 0 Å². The summed E-state index contributed by atoms with van der Waals surface area (Å²) in [5, 5.41) is 0.292. The highest BCUT2D eigenvalue weighted by Gasteiger charge is 2.37. The molecule has 0 fully saturated rings. The largest absolute Gasteiger partial charge is 0.299 e. The zero-order valence-electron chi connectivity index (χ0n) is 8.41. The summed E-state index contributed by atoms with van der Waals surface area (Å²) in [4.78, 5) is 24.9. The first-order valence-corrected chi connectivity index (χ1v) is 6.26. The summed E-state index contributed by atoms with van der Waals surface area (Å²) in [6, 6.07) is 5.16. The summed E-state index contributed by atoms with van der Waals surface area (Å²) in [6.45, 7) is 0.0963. The van der Waals surface area contributed by atoms with Gasteiger partial charge in [0.1, 0.15) is 0 Å². The van der Waals surface area contributed by atoms with Crippen LogP contribution in [0.5, 0.6) is 0 Å². The molecule has 0 aromatic heterocycles. The molecular weight excluding hydrogens is 329 g/mol. The Labute approximate surface area is 116 Å². The van der Waals surface area contributed by atoms with Crippen molar-refractivity contribution in [3.63, 3.8) is 0 Å². The molecule has 0 saturated carbocycles. The maximum absolute atomic E-state index is 11.8. The van der Waals surface area contributed by atoms with Crippen molar-refractivity contribution < 1.29 is 9.59 Å². The number of Topliss-reactive ketones (excluding diaryl/α,β-unsaturated/α-hetero) is 1. The maximum Gasteiger partial charge on any atom is 0.299 e. The number of hydrogen-bond donors (Lipinski definition) is 0. The zero-order valence-corrected chi connectivity index (χ0v) is 11.5. The minimum Gasteiger partial charge on any atom is -0.299 e. The van der Waals surface area contributed by atoms with Crippen LogP contribution >= 0.6 is 39.1 Å². The van der Waals surface area contributed by atoms with Gasteiger partial charge < -0.3 is 0 Å². The van der Waals surface area contributed by atoms with Crippen LogP contribution in [0.15, 0.2) is 33.2 Å². The van der Waals surface area contributed by atoms with Crippen LogP contribution in [0.4, 0.5) is 5.69 Å². The van der Waals surface area contributed by atoms with Crippen molar-refractivity contribution in [1.82, 2.24) is 0 Å². The van der Waals surface area contributed by atoms with E-state index in [0.717, 1.165) is 0 Å². The second-order valence-corrected chi connectivity index (χ2v) is 4.97. The quantitative estimate of drug-likeness (QED) is 0.778. The van der Waals surface area contributed by atoms with E-state index in [0.29, 0.717) is 20.8 Å². The number of rotatable bonds is 2. The molecule has 1 aliphatic rings. The third kappa shape index (κ3) is 2.12. The molecule has 6 heteroatoms. The Morgan fingerprint density at radius 2 is 2.12 bits per heavy atom. The fourth-order valence-corrected chi connectivity index (χ4v) is 2.37. The lowest BCUT2D eigenvalue weighted by Crippen LogP contribution is -2.30. The minimum absolute atomic E-state index is 0.0963. The number of nitrogens with zero attached hydrogens (tertiary/aromatic N) is 1. The zero-order chi connectivity index (χ0) is 12.6. The molecule has 0 radical (unpaired) electrons. The number of amides is 1. The Morgan fingerprint density at radius 1 is 1.41 bits per heavy atom. The first-order chi connectivity index (χ1) is 8.06. The lowest BCUT2D eigenvalue weighted by Gasteiger charge is -2.15. The van der Waals surface area contributed by atoms with Gasteiger partial charge in [-0.05, 0) is 28.1 Å². The number of halogens is 3. The molecule has 0 N–H and O–H groups in total. The number of hydrogen-bond acceptors (Lipinski definition) is 2. The van der Waals surface area contributed by atoms with Gasteiger partial charge >= 0.3 is 0 Å². The van der Waals surface area contributed by atoms with E-state index < -0.39 is 11.7 Å². The Hall–Kier alpha value is -0.840. The van der Waals surface area contributed by atoms with Crippen LogP contribution in [0, 0.1) is 0 Å². The molecule has 3 nitrogen and oxygen atoms in total. The van der Waals surface area contributed by atoms with Crippen molar-refractivity contribution in [2.24, 2.45) is 0 Å². The van der Waals surface area contributed by atoms with E-state index >= 15 is 0 Å². The monoisotopic (exact) mass is 333 g/mol. The van der Waals surface area contributed by atoms with Crippen molar-refractivity contribution in [3.05, 3.63) is 38.8 Å². The second-order valence-electron chi connectivity index (χ2n) is 3.41. The van der Waals surface area contributed by atoms with Crippen LogP contribution in [0.2, 0.25) is 0 Å². The molecule has 1 amide bonds. The molecule has 0 unspecified atom stereocenters. The van der Waals surface area contributed by atoms with Crippen molar-refractivity contribution in [1.29, 1.82) is 0 Å². The van der Waals surface area contributed by atoms with E-state index in [1.54, 1.807) is 18.2 Å². The van der Waals surface area contributed by atoms with Gasteiger partial charge in [-0.1, -0.05) is 29.3 Å². The minimum atomic E-state index is -0.594. The van der Waals surface area contributed by atoms with Gasteiger partial charge in [-0.15, -0.1) is 0 Å². The highest BCUT2D eigenvalue weighted by atomic mass is 79.9. The first kappa shape index (κ1) is 12.6. The molecule has 1 aromatic carbocycles. The lowest BCUT2D eigenvalue weighted by atomic mass is 10.1. The van der Waals surface area contributed by atoms with Crippen LogP contribution < -0.4 is 4.90 Å². The summed E-state index contributed by atoms with van der Waals surface area (Å²) < 4.78 is 0.599. The predicted octanol–water partition coefficient (Wildman–Crippen LogP) is 3.30. The molecule has 0 bridgehead atoms. The van der Waals surface area contributed by atoms with Gasteiger partial charge in [0.25, 0.3) is 11.7 Å². The second kappa shape index (κ2) is 4.80. The van der Waals surface area contributed by atoms with Crippen molar-refractivity contribution in [2.75, 3.05) is 11.4 Å². The summed E-state index contributed by atoms with van der Waals surface area (Å²) >= 11 is 14.5. The average molecular weight is 335 g/mol. The van der Waals surface area contributed by atoms with Crippen molar-refractivity contribution in [2.45, 2.75) is 0 Å². The van der Waals surface area contributed by atoms with Gasteiger partial charge in [0.15, 0.2) is 0 Å². The first-order valence-electron chi connectivity index (χ1n) is 4.65. The standard InChI is InChI=1S/C11H6BrCl2NO2/c12-7-2-1-3-8-9(7)10(16)11(17)15(8)5-6(14)4-13/h1-4H,5H2. The van der Waals surface area contributed by atoms with Crippen LogP contribution in [-0.2, 0) is 4.79 Å². The number of carbonyl (C=O) groups is 2. The number of benzene rings is 1. The van der Waals surface area contributed by atoms with Gasteiger partial charge in [0.05, 0.1) is 17.8 Å². The number of anilines is 1. The summed E-state index contributed by atoms with van der Waals surface area (Å²) in [5.41, 5.74) is 2.09. The molecule has 1 aliphatic heterocycles. The fraction of sp³-hybridized carbons (Fsp3) is 0.0909. The van der Waals surface area contributed by atoms with Gasteiger partial charge in [-0.3, -0.25) is 14.5 Å². The van der Waals surface area contributed by atoms with Crippen LogP contribution in [-0.4, -0.2) is 18.2 Å². The smallest absolute Gasteiger partial charge is 0.299 e. The summed E-state index contributed by atoms with van der Waals surface area (Å²) in [5.74, 6) is -1.13. The molecule has 17 heavy (non-hydrogen) atoms. The number of fused-ring (bicyclic) bond motifs is 1. The molecule has 0 spiro atoms. The Balaban J connectivity index is 2.49. The molecule has 0 aliphatic carbocycles. The van der Waals surface area contributed by atoms with E-state index in [1.165, 1.54) is 10.4 Å². The third-order valence-corrected chi connectivity index (χ3v) is 3.64. The topological polar surface area (TPSA) is 37.4 Å². The summed E-state index contributed by atoms with van der Waals surface area (Å²) in [6.07, 6.45) is 0.